The molecule has 1 saturated heterocycles. The SMILES string of the molecule is O=C1N(CC2CC2)[C@H](Cc2ccccc2)[C@H](O)CN(c2ccccc2)N1CC1CC1. The maximum absolute atomic E-state index is 13.9. The van der Waals surface area contributed by atoms with Gasteiger partial charge in [-0.25, -0.2) is 9.80 Å². The van der Waals surface area contributed by atoms with Gasteiger partial charge >= 0.3 is 6.03 Å². The third kappa shape index (κ3) is 4.31. The number of urea groups is 1. The molecule has 0 spiro atoms. The van der Waals surface area contributed by atoms with Crippen molar-refractivity contribution in [3.63, 3.8) is 0 Å². The summed E-state index contributed by atoms with van der Waals surface area (Å²) in [6.07, 6.45) is 4.81. The molecule has 5 heteroatoms. The molecule has 2 aromatic rings. The molecule has 2 saturated carbocycles. The second kappa shape index (κ2) is 8.31. The monoisotopic (exact) mass is 405 g/mol. The summed E-state index contributed by atoms with van der Waals surface area (Å²) in [6.45, 7) is 1.91. The zero-order chi connectivity index (χ0) is 20.5. The molecule has 3 aliphatic rings. The van der Waals surface area contributed by atoms with E-state index in [4.69, 9.17) is 0 Å². The van der Waals surface area contributed by atoms with Crippen LogP contribution in [0.4, 0.5) is 10.5 Å². The first kappa shape index (κ1) is 19.4. The molecule has 2 atom stereocenters. The highest BCUT2D eigenvalue weighted by Crippen LogP contribution is 2.36. The fourth-order valence-electron chi connectivity index (χ4n) is 4.46. The van der Waals surface area contributed by atoms with Crippen LogP contribution in [0.3, 0.4) is 0 Å². The minimum Gasteiger partial charge on any atom is -0.389 e. The minimum atomic E-state index is -0.614. The standard InChI is InChI=1S/C25H31N3O2/c29-24-18-27(22-9-5-2-6-10-22)28(17-21-13-14-21)25(30)26(16-20-11-12-20)23(24)15-19-7-3-1-4-8-19/h1-10,20-21,23-24,29H,11-18H2/t23-,24-/m1/s1. The van der Waals surface area contributed by atoms with Gasteiger partial charge in [0.15, 0.2) is 0 Å². The number of para-hydroxylation sites is 1. The fourth-order valence-corrected chi connectivity index (χ4v) is 4.46. The molecule has 158 valence electrons. The molecule has 30 heavy (non-hydrogen) atoms. The summed E-state index contributed by atoms with van der Waals surface area (Å²) in [5, 5.41) is 15.3. The number of hydrogen-bond donors (Lipinski definition) is 1. The highest BCUT2D eigenvalue weighted by molar-refractivity contribution is 5.78. The molecule has 0 aromatic heterocycles. The molecule has 2 amide bonds. The van der Waals surface area contributed by atoms with Crippen LogP contribution in [-0.4, -0.2) is 52.8 Å². The quantitative estimate of drug-likeness (QED) is 0.759. The number of carbonyl (C=O) groups is 1. The Kier molecular flexibility index (Phi) is 5.38. The number of nitrogens with zero attached hydrogens (tertiary/aromatic N) is 3. The van der Waals surface area contributed by atoms with Crippen LogP contribution in [-0.2, 0) is 6.42 Å². The first-order chi connectivity index (χ1) is 14.7. The molecule has 5 rings (SSSR count). The van der Waals surface area contributed by atoms with Crippen molar-refractivity contribution < 1.29 is 9.90 Å². The zero-order valence-electron chi connectivity index (χ0n) is 17.4. The summed E-state index contributed by atoms with van der Waals surface area (Å²) < 4.78 is 0. The summed E-state index contributed by atoms with van der Waals surface area (Å²) in [4.78, 5) is 15.9. The highest BCUT2D eigenvalue weighted by atomic mass is 16.3. The Morgan fingerprint density at radius 2 is 1.43 bits per heavy atom. The summed E-state index contributed by atoms with van der Waals surface area (Å²) in [6, 6.07) is 20.1. The number of rotatable bonds is 7. The molecule has 0 radical (unpaired) electrons. The van der Waals surface area contributed by atoms with E-state index in [0.717, 1.165) is 24.3 Å². The van der Waals surface area contributed by atoms with Gasteiger partial charge in [-0.1, -0.05) is 48.5 Å². The Labute approximate surface area is 178 Å². The van der Waals surface area contributed by atoms with Crippen LogP contribution in [0.1, 0.15) is 31.2 Å². The van der Waals surface area contributed by atoms with Gasteiger partial charge in [0.1, 0.15) is 0 Å². The molecule has 1 N–H and O–H groups in total. The molecule has 3 fully saturated rings. The lowest BCUT2D eigenvalue weighted by Gasteiger charge is -2.37. The predicted octanol–water partition coefficient (Wildman–Crippen LogP) is 3.94. The van der Waals surface area contributed by atoms with Gasteiger partial charge in [-0.05, 0) is 61.6 Å². The van der Waals surface area contributed by atoms with Crippen molar-refractivity contribution in [3.8, 4) is 0 Å². The Hall–Kier alpha value is -2.53. The van der Waals surface area contributed by atoms with Gasteiger partial charge in [-0.3, -0.25) is 5.01 Å². The third-order valence-corrected chi connectivity index (χ3v) is 6.58. The lowest BCUT2D eigenvalue weighted by atomic mass is 9.99. The van der Waals surface area contributed by atoms with E-state index in [1.165, 1.54) is 25.7 Å². The Morgan fingerprint density at radius 1 is 0.833 bits per heavy atom. The van der Waals surface area contributed by atoms with Gasteiger partial charge in [0, 0.05) is 13.1 Å². The van der Waals surface area contributed by atoms with Crippen molar-refractivity contribution in [3.05, 3.63) is 66.2 Å². The summed E-state index contributed by atoms with van der Waals surface area (Å²) in [7, 11) is 0. The molecular weight excluding hydrogens is 374 g/mol. The Morgan fingerprint density at radius 3 is 2.07 bits per heavy atom. The average molecular weight is 406 g/mol. The normalized spacial score (nSPS) is 24.8. The van der Waals surface area contributed by atoms with Crippen LogP contribution < -0.4 is 5.01 Å². The van der Waals surface area contributed by atoms with Crippen molar-refractivity contribution >= 4 is 11.7 Å². The van der Waals surface area contributed by atoms with E-state index in [-0.39, 0.29) is 12.1 Å². The number of hydrogen-bond acceptors (Lipinski definition) is 3. The van der Waals surface area contributed by atoms with Crippen LogP contribution >= 0.6 is 0 Å². The Balaban J connectivity index is 1.49. The van der Waals surface area contributed by atoms with Gasteiger partial charge in [-0.15, -0.1) is 0 Å². The number of carbonyl (C=O) groups excluding carboxylic acids is 1. The van der Waals surface area contributed by atoms with Crippen molar-refractivity contribution in [2.24, 2.45) is 11.8 Å². The second-order valence-electron chi connectivity index (χ2n) is 9.15. The topological polar surface area (TPSA) is 47.0 Å². The maximum Gasteiger partial charge on any atom is 0.339 e. The molecule has 1 heterocycles. The number of aliphatic hydroxyl groups excluding tert-OH is 1. The first-order valence-electron chi connectivity index (χ1n) is 11.3. The van der Waals surface area contributed by atoms with E-state index in [2.05, 4.69) is 12.1 Å². The lowest BCUT2D eigenvalue weighted by Crippen LogP contribution is -2.53. The fraction of sp³-hybridized carbons (Fsp3) is 0.480. The average Bonchev–Trinajstić information content (AvgIpc) is 3.69. The van der Waals surface area contributed by atoms with Gasteiger partial charge in [0.2, 0.25) is 0 Å². The minimum absolute atomic E-state index is 0.0511. The number of aliphatic hydroxyl groups is 1. The van der Waals surface area contributed by atoms with Crippen LogP contribution in [0.5, 0.6) is 0 Å². The molecule has 0 bridgehead atoms. The van der Waals surface area contributed by atoms with E-state index in [9.17, 15) is 9.90 Å². The van der Waals surface area contributed by atoms with Gasteiger partial charge in [0.05, 0.1) is 24.4 Å². The second-order valence-corrected chi connectivity index (χ2v) is 9.15. The van der Waals surface area contributed by atoms with Crippen LogP contribution in [0, 0.1) is 11.8 Å². The van der Waals surface area contributed by atoms with Crippen molar-refractivity contribution in [1.29, 1.82) is 0 Å². The summed E-state index contributed by atoms with van der Waals surface area (Å²) >= 11 is 0. The zero-order valence-corrected chi connectivity index (χ0v) is 17.4. The smallest absolute Gasteiger partial charge is 0.339 e. The van der Waals surface area contributed by atoms with E-state index in [1.807, 2.05) is 63.4 Å². The van der Waals surface area contributed by atoms with E-state index in [0.29, 0.717) is 24.8 Å². The van der Waals surface area contributed by atoms with Crippen molar-refractivity contribution in [1.82, 2.24) is 9.91 Å². The Bertz CT molecular complexity index is 851. The van der Waals surface area contributed by atoms with Crippen molar-refractivity contribution in [2.75, 3.05) is 24.6 Å². The van der Waals surface area contributed by atoms with E-state index >= 15 is 0 Å². The molecule has 2 aliphatic carbocycles. The van der Waals surface area contributed by atoms with Crippen LogP contribution in [0.2, 0.25) is 0 Å². The molecule has 5 nitrogen and oxygen atoms in total. The van der Waals surface area contributed by atoms with E-state index in [1.54, 1.807) is 0 Å². The largest absolute Gasteiger partial charge is 0.389 e. The lowest BCUT2D eigenvalue weighted by molar-refractivity contribution is 0.0765. The number of amides is 2. The molecular formula is C25H31N3O2. The highest BCUT2D eigenvalue weighted by Gasteiger charge is 2.43. The molecule has 2 aromatic carbocycles. The number of hydrazine groups is 1. The number of benzene rings is 2. The van der Waals surface area contributed by atoms with Gasteiger partial charge in [0.25, 0.3) is 0 Å². The summed E-state index contributed by atoms with van der Waals surface area (Å²) in [5.74, 6) is 1.15. The van der Waals surface area contributed by atoms with Crippen molar-refractivity contribution in [2.45, 2.75) is 44.2 Å². The van der Waals surface area contributed by atoms with E-state index < -0.39 is 6.10 Å². The molecule has 1 aliphatic heterocycles. The maximum atomic E-state index is 13.9. The third-order valence-electron chi connectivity index (χ3n) is 6.58. The number of anilines is 1. The number of β-amino-alcohol motifs (C(OH)–C–C–N with tert-alkyl or cyclic N) is 1. The van der Waals surface area contributed by atoms with Gasteiger partial charge < -0.3 is 10.0 Å². The first-order valence-corrected chi connectivity index (χ1v) is 11.3. The van der Waals surface area contributed by atoms with Gasteiger partial charge in [-0.2, -0.15) is 0 Å². The molecule has 0 unspecified atom stereocenters. The summed E-state index contributed by atoms with van der Waals surface area (Å²) in [5.41, 5.74) is 2.13. The predicted molar refractivity (Wildman–Crippen MR) is 118 cm³/mol. The van der Waals surface area contributed by atoms with Crippen LogP contribution in [0.15, 0.2) is 60.7 Å². The van der Waals surface area contributed by atoms with Crippen LogP contribution in [0.25, 0.3) is 0 Å².